The van der Waals surface area contributed by atoms with Crippen molar-refractivity contribution in [3.63, 3.8) is 0 Å². The number of rotatable bonds is 3. The largest absolute Gasteiger partial charge is 0.232 e. The van der Waals surface area contributed by atoms with Gasteiger partial charge in [-0.15, -0.1) is 0 Å². The molecule has 0 aliphatic carbocycles. The zero-order valence-corrected chi connectivity index (χ0v) is 7.88. The van der Waals surface area contributed by atoms with Crippen molar-refractivity contribution >= 4 is 10.7 Å². The molecule has 0 N–H and O–H groups in total. The molecule has 0 aromatic heterocycles. The van der Waals surface area contributed by atoms with Crippen LogP contribution in [0.4, 0.5) is 0 Å². The Morgan fingerprint density at radius 3 is 2.25 bits per heavy atom. The van der Waals surface area contributed by atoms with Crippen LogP contribution in [0.5, 0.6) is 0 Å². The van der Waals surface area contributed by atoms with Crippen LogP contribution in [0.25, 0.3) is 0 Å². The molecule has 0 aliphatic rings. The van der Waals surface area contributed by atoms with E-state index in [-0.39, 0.29) is 5.75 Å². The summed E-state index contributed by atoms with van der Waals surface area (Å²) in [6.07, 6.45) is 0.888. The van der Waals surface area contributed by atoms with Crippen molar-refractivity contribution in [1.82, 2.24) is 0 Å². The second kappa shape index (κ2) is 4.26. The van der Waals surface area contributed by atoms with E-state index in [1.54, 1.807) is 0 Å². The normalized spacial score (nSPS) is 10.5. The monoisotopic (exact) mass is 184 g/mol. The van der Waals surface area contributed by atoms with Crippen LogP contribution in [0.15, 0.2) is 24.3 Å². The average Bonchev–Trinajstić information content (AvgIpc) is 2.04. The minimum Gasteiger partial charge on any atom is -0.232 e. The van der Waals surface area contributed by atoms with Gasteiger partial charge in [-0.3, -0.25) is 0 Å². The molecular weight excluding hydrogens is 172 g/mol. The predicted octanol–water partition coefficient (Wildman–Crippen LogP) is 1.36. The van der Waals surface area contributed by atoms with Crippen LogP contribution in [-0.2, 0) is 22.9 Å². The third-order valence-electron chi connectivity index (χ3n) is 1.80. The van der Waals surface area contributed by atoms with E-state index in [2.05, 4.69) is 0 Å². The quantitative estimate of drug-likeness (QED) is 0.720. The highest BCUT2D eigenvalue weighted by atomic mass is 32.2. The minimum atomic E-state index is -2.30. The van der Waals surface area contributed by atoms with Gasteiger partial charge in [0.15, 0.2) is 0 Å². The van der Waals surface area contributed by atoms with Crippen LogP contribution in [0.2, 0.25) is 0 Å². The summed E-state index contributed by atoms with van der Waals surface area (Å²) in [6.45, 7) is 2.02. The van der Waals surface area contributed by atoms with E-state index >= 15 is 0 Å². The highest BCUT2D eigenvalue weighted by Crippen LogP contribution is 2.09. The van der Waals surface area contributed by atoms with E-state index in [1.807, 2.05) is 31.2 Å². The first kappa shape index (κ1) is 9.26. The topological polar surface area (TPSA) is 34.1 Å². The standard InChI is InChI=1S/C9H12O2S/c1-2-8-5-3-4-6-9(8)7-12(10)11/h3-6,12H,2,7H2,1H3. The fraction of sp³-hybridized carbons (Fsp3) is 0.333. The molecular formula is C9H12O2S. The molecule has 0 atom stereocenters. The van der Waals surface area contributed by atoms with Crippen LogP contribution < -0.4 is 0 Å². The van der Waals surface area contributed by atoms with Crippen LogP contribution in [0, 0.1) is 0 Å². The van der Waals surface area contributed by atoms with Crippen molar-refractivity contribution in [1.29, 1.82) is 0 Å². The fourth-order valence-corrected chi connectivity index (χ4v) is 1.78. The first-order valence-electron chi connectivity index (χ1n) is 3.92. The Bertz CT molecular complexity index is 321. The maximum Gasteiger partial charge on any atom is 0.144 e. The lowest BCUT2D eigenvalue weighted by molar-refractivity contribution is 0.613. The van der Waals surface area contributed by atoms with Crippen LogP contribution in [-0.4, -0.2) is 8.42 Å². The van der Waals surface area contributed by atoms with Crippen molar-refractivity contribution in [2.75, 3.05) is 0 Å². The summed E-state index contributed by atoms with van der Waals surface area (Å²) in [6, 6.07) is 7.63. The summed E-state index contributed by atoms with van der Waals surface area (Å²) >= 11 is 0. The van der Waals surface area contributed by atoms with Crippen molar-refractivity contribution in [2.24, 2.45) is 0 Å². The molecule has 0 radical (unpaired) electrons. The zero-order chi connectivity index (χ0) is 8.97. The number of hydrogen-bond donors (Lipinski definition) is 1. The summed E-state index contributed by atoms with van der Waals surface area (Å²) in [5.41, 5.74) is 2.05. The van der Waals surface area contributed by atoms with Crippen LogP contribution in [0.3, 0.4) is 0 Å². The van der Waals surface area contributed by atoms with Gasteiger partial charge in [0.1, 0.15) is 10.7 Å². The Labute approximate surface area is 74.2 Å². The highest BCUT2D eigenvalue weighted by Gasteiger charge is 1.99. The van der Waals surface area contributed by atoms with E-state index in [1.165, 1.54) is 0 Å². The van der Waals surface area contributed by atoms with Gasteiger partial charge >= 0.3 is 0 Å². The van der Waals surface area contributed by atoms with Gasteiger partial charge in [-0.05, 0) is 17.5 Å². The second-order valence-electron chi connectivity index (χ2n) is 2.61. The Kier molecular flexibility index (Phi) is 3.29. The summed E-state index contributed by atoms with van der Waals surface area (Å²) in [4.78, 5) is 0. The lowest BCUT2D eigenvalue weighted by Gasteiger charge is -2.02. The number of hydrogen-bond acceptors (Lipinski definition) is 2. The van der Waals surface area contributed by atoms with Crippen molar-refractivity contribution < 1.29 is 8.42 Å². The molecule has 66 valence electrons. The summed E-state index contributed by atoms with van der Waals surface area (Å²) in [5.74, 6) is 0.166. The summed E-state index contributed by atoms with van der Waals surface area (Å²) in [7, 11) is -2.30. The summed E-state index contributed by atoms with van der Waals surface area (Å²) < 4.78 is 20.9. The second-order valence-corrected chi connectivity index (χ2v) is 3.59. The van der Waals surface area contributed by atoms with E-state index in [4.69, 9.17) is 0 Å². The van der Waals surface area contributed by atoms with Crippen molar-refractivity contribution in [2.45, 2.75) is 19.1 Å². The van der Waals surface area contributed by atoms with E-state index in [9.17, 15) is 8.42 Å². The molecule has 0 saturated heterocycles. The smallest absolute Gasteiger partial charge is 0.144 e. The molecule has 1 aromatic carbocycles. The lowest BCUT2D eigenvalue weighted by atomic mass is 10.1. The molecule has 0 heterocycles. The maximum absolute atomic E-state index is 10.5. The Morgan fingerprint density at radius 2 is 1.75 bits per heavy atom. The Morgan fingerprint density at radius 1 is 1.17 bits per heavy atom. The van der Waals surface area contributed by atoms with E-state index in [0.717, 1.165) is 17.5 Å². The molecule has 0 spiro atoms. The third-order valence-corrected chi connectivity index (χ3v) is 2.40. The molecule has 0 bridgehead atoms. The molecule has 0 fully saturated rings. The fourth-order valence-electron chi connectivity index (χ4n) is 1.20. The molecule has 1 aromatic rings. The van der Waals surface area contributed by atoms with Gasteiger partial charge < -0.3 is 0 Å². The molecule has 0 aliphatic heterocycles. The molecule has 0 saturated carbocycles. The first-order valence-corrected chi connectivity index (χ1v) is 5.29. The Hall–Kier alpha value is -0.830. The van der Waals surface area contributed by atoms with E-state index in [0.29, 0.717) is 0 Å². The van der Waals surface area contributed by atoms with Gasteiger partial charge in [0.25, 0.3) is 0 Å². The van der Waals surface area contributed by atoms with Gasteiger partial charge in [0.2, 0.25) is 0 Å². The SMILES string of the molecule is CCc1ccccc1C[SH](=O)=O. The lowest BCUT2D eigenvalue weighted by Crippen LogP contribution is -1.92. The van der Waals surface area contributed by atoms with Gasteiger partial charge in [-0.1, -0.05) is 31.2 Å². The van der Waals surface area contributed by atoms with Gasteiger partial charge in [-0.2, -0.15) is 0 Å². The number of aryl methyl sites for hydroxylation is 1. The third kappa shape index (κ3) is 2.34. The Balaban J connectivity index is 2.96. The number of thiol groups is 1. The summed E-state index contributed by atoms with van der Waals surface area (Å²) in [5, 5.41) is 0. The van der Waals surface area contributed by atoms with Crippen molar-refractivity contribution in [3.05, 3.63) is 35.4 Å². The van der Waals surface area contributed by atoms with Crippen LogP contribution in [0.1, 0.15) is 18.1 Å². The highest BCUT2D eigenvalue weighted by molar-refractivity contribution is 7.71. The van der Waals surface area contributed by atoms with Gasteiger partial charge in [-0.25, -0.2) is 8.42 Å². The molecule has 2 nitrogen and oxygen atoms in total. The minimum absolute atomic E-state index is 0.166. The molecule has 3 heteroatoms. The van der Waals surface area contributed by atoms with Gasteiger partial charge in [0.05, 0.1) is 5.75 Å². The number of benzene rings is 1. The van der Waals surface area contributed by atoms with Crippen molar-refractivity contribution in [3.8, 4) is 0 Å². The van der Waals surface area contributed by atoms with E-state index < -0.39 is 10.7 Å². The predicted molar refractivity (Wildman–Crippen MR) is 49.8 cm³/mol. The molecule has 0 amide bonds. The molecule has 0 unspecified atom stereocenters. The molecule has 1 rings (SSSR count). The van der Waals surface area contributed by atoms with Gasteiger partial charge in [0, 0.05) is 0 Å². The first-order chi connectivity index (χ1) is 5.74. The average molecular weight is 184 g/mol. The van der Waals surface area contributed by atoms with Crippen LogP contribution >= 0.6 is 0 Å². The molecule has 12 heavy (non-hydrogen) atoms. The maximum atomic E-state index is 10.5. The zero-order valence-electron chi connectivity index (χ0n) is 6.99.